The van der Waals surface area contributed by atoms with E-state index in [2.05, 4.69) is 15.5 Å². The first-order chi connectivity index (χ1) is 13.1. The van der Waals surface area contributed by atoms with Crippen LogP contribution in [-0.4, -0.2) is 38.1 Å². The summed E-state index contributed by atoms with van der Waals surface area (Å²) in [4.78, 5) is 26.8. The molecular weight excluding hydrogens is 342 g/mol. The summed E-state index contributed by atoms with van der Waals surface area (Å²) in [7, 11) is 0. The second-order valence-corrected chi connectivity index (χ2v) is 6.50. The molecule has 1 aliphatic heterocycles. The third kappa shape index (κ3) is 4.65. The van der Waals surface area contributed by atoms with Crippen LogP contribution in [0.5, 0.6) is 0 Å². The predicted octanol–water partition coefficient (Wildman–Crippen LogP) is 3.43. The second kappa shape index (κ2) is 8.68. The molecule has 1 aliphatic rings. The molecule has 2 amide bonds. The number of ether oxygens (including phenoxy) is 1. The third-order valence-electron chi connectivity index (χ3n) is 4.59. The van der Waals surface area contributed by atoms with Crippen molar-refractivity contribution < 1.29 is 14.3 Å². The first-order valence-electron chi connectivity index (χ1n) is 9.22. The van der Waals surface area contributed by atoms with Gasteiger partial charge in [0.2, 0.25) is 5.91 Å². The van der Waals surface area contributed by atoms with Gasteiger partial charge in [-0.2, -0.15) is 0 Å². The largest absolute Gasteiger partial charge is 0.378 e. The molecule has 0 unspecified atom stereocenters. The lowest BCUT2D eigenvalue weighted by Crippen LogP contribution is -2.37. The molecule has 2 aromatic rings. The molecule has 27 heavy (non-hydrogen) atoms. The summed E-state index contributed by atoms with van der Waals surface area (Å²) in [5.41, 5.74) is 3.82. The van der Waals surface area contributed by atoms with Crippen LogP contribution in [0.1, 0.15) is 29.3 Å². The topological polar surface area (TPSA) is 70.7 Å². The number of benzene rings is 2. The average molecular weight is 367 g/mol. The van der Waals surface area contributed by atoms with E-state index in [-0.39, 0.29) is 11.8 Å². The number of rotatable bonds is 5. The number of hydrogen-bond donors (Lipinski definition) is 2. The SMILES string of the molecule is CCC(=O)Nc1ccc(C)c(NC(=O)c2ccccc2N2CCOCC2)c1. The highest BCUT2D eigenvalue weighted by Crippen LogP contribution is 2.25. The van der Waals surface area contributed by atoms with Crippen molar-refractivity contribution in [2.75, 3.05) is 41.8 Å². The molecule has 0 spiro atoms. The molecule has 2 N–H and O–H groups in total. The predicted molar refractivity (Wildman–Crippen MR) is 108 cm³/mol. The number of nitrogens with zero attached hydrogens (tertiary/aromatic N) is 1. The summed E-state index contributed by atoms with van der Waals surface area (Å²) in [6.07, 6.45) is 0.405. The quantitative estimate of drug-likeness (QED) is 0.849. The van der Waals surface area contributed by atoms with Gasteiger partial charge < -0.3 is 20.3 Å². The fourth-order valence-corrected chi connectivity index (χ4v) is 3.02. The molecule has 3 rings (SSSR count). The molecule has 142 valence electrons. The van der Waals surface area contributed by atoms with Crippen molar-refractivity contribution in [2.45, 2.75) is 20.3 Å². The fourth-order valence-electron chi connectivity index (χ4n) is 3.02. The van der Waals surface area contributed by atoms with Gasteiger partial charge in [0, 0.05) is 36.6 Å². The Morgan fingerprint density at radius 3 is 2.56 bits per heavy atom. The van der Waals surface area contributed by atoms with Crippen LogP contribution in [0.4, 0.5) is 17.1 Å². The number of para-hydroxylation sites is 1. The standard InChI is InChI=1S/C21H25N3O3/c1-3-20(25)22-16-9-8-15(2)18(14-16)23-21(26)17-6-4-5-7-19(17)24-10-12-27-13-11-24/h4-9,14H,3,10-13H2,1-2H3,(H,22,25)(H,23,26). The zero-order valence-electron chi connectivity index (χ0n) is 15.7. The number of nitrogens with one attached hydrogen (secondary N) is 2. The summed E-state index contributed by atoms with van der Waals surface area (Å²) >= 11 is 0. The maximum atomic E-state index is 13.0. The Morgan fingerprint density at radius 2 is 1.81 bits per heavy atom. The minimum Gasteiger partial charge on any atom is -0.378 e. The van der Waals surface area contributed by atoms with Gasteiger partial charge in [0.05, 0.1) is 18.8 Å². The third-order valence-corrected chi connectivity index (χ3v) is 4.59. The number of amides is 2. The van der Waals surface area contributed by atoms with Crippen molar-refractivity contribution in [1.29, 1.82) is 0 Å². The molecule has 0 radical (unpaired) electrons. The maximum Gasteiger partial charge on any atom is 0.257 e. The molecule has 0 saturated carbocycles. The molecule has 1 fully saturated rings. The lowest BCUT2D eigenvalue weighted by atomic mass is 10.1. The molecule has 2 aromatic carbocycles. The van der Waals surface area contributed by atoms with Crippen LogP contribution in [0.25, 0.3) is 0 Å². The Kier molecular flexibility index (Phi) is 6.08. The Labute approximate surface area is 159 Å². The van der Waals surface area contributed by atoms with Gasteiger partial charge in [-0.25, -0.2) is 0 Å². The number of anilines is 3. The number of aryl methyl sites for hydroxylation is 1. The zero-order valence-corrected chi connectivity index (χ0v) is 15.7. The highest BCUT2D eigenvalue weighted by molar-refractivity contribution is 6.08. The number of carbonyl (C=O) groups is 2. The van der Waals surface area contributed by atoms with E-state index in [4.69, 9.17) is 4.74 Å². The monoisotopic (exact) mass is 367 g/mol. The summed E-state index contributed by atoms with van der Waals surface area (Å²) in [5, 5.41) is 5.81. The Morgan fingerprint density at radius 1 is 1.07 bits per heavy atom. The molecule has 6 nitrogen and oxygen atoms in total. The zero-order chi connectivity index (χ0) is 19.2. The van der Waals surface area contributed by atoms with Crippen LogP contribution in [0.3, 0.4) is 0 Å². The Balaban J connectivity index is 1.81. The van der Waals surface area contributed by atoms with Crippen LogP contribution >= 0.6 is 0 Å². The Hall–Kier alpha value is -2.86. The highest BCUT2D eigenvalue weighted by atomic mass is 16.5. The first kappa shape index (κ1) is 18.9. The van der Waals surface area contributed by atoms with Gasteiger partial charge in [-0.1, -0.05) is 25.1 Å². The van der Waals surface area contributed by atoms with Gasteiger partial charge in [-0.05, 0) is 36.8 Å². The summed E-state index contributed by atoms with van der Waals surface area (Å²) in [6.45, 7) is 6.58. The molecular formula is C21H25N3O3. The minimum absolute atomic E-state index is 0.0613. The van der Waals surface area contributed by atoms with Crippen molar-refractivity contribution >= 4 is 28.9 Å². The smallest absolute Gasteiger partial charge is 0.257 e. The van der Waals surface area contributed by atoms with Crippen LogP contribution in [0, 0.1) is 6.92 Å². The fraction of sp³-hybridized carbons (Fsp3) is 0.333. The van der Waals surface area contributed by atoms with E-state index in [1.54, 1.807) is 13.0 Å². The van der Waals surface area contributed by atoms with E-state index in [1.165, 1.54) is 0 Å². The van der Waals surface area contributed by atoms with Gasteiger partial charge in [0.25, 0.3) is 5.91 Å². The Bertz CT molecular complexity index is 829. The molecule has 0 aromatic heterocycles. The van der Waals surface area contributed by atoms with Gasteiger partial charge in [0.1, 0.15) is 0 Å². The first-order valence-corrected chi connectivity index (χ1v) is 9.22. The summed E-state index contributed by atoms with van der Waals surface area (Å²) in [5.74, 6) is -0.229. The van der Waals surface area contributed by atoms with E-state index in [0.29, 0.717) is 36.6 Å². The van der Waals surface area contributed by atoms with E-state index in [0.717, 1.165) is 24.3 Å². The van der Waals surface area contributed by atoms with Crippen molar-refractivity contribution in [2.24, 2.45) is 0 Å². The normalized spacial score (nSPS) is 13.9. The molecule has 6 heteroatoms. The van der Waals surface area contributed by atoms with E-state index < -0.39 is 0 Å². The number of carbonyl (C=O) groups excluding carboxylic acids is 2. The maximum absolute atomic E-state index is 13.0. The lowest BCUT2D eigenvalue weighted by Gasteiger charge is -2.30. The van der Waals surface area contributed by atoms with Gasteiger partial charge >= 0.3 is 0 Å². The lowest BCUT2D eigenvalue weighted by molar-refractivity contribution is -0.115. The van der Waals surface area contributed by atoms with Crippen LogP contribution in [0.15, 0.2) is 42.5 Å². The molecule has 1 heterocycles. The van der Waals surface area contributed by atoms with E-state index >= 15 is 0 Å². The highest BCUT2D eigenvalue weighted by Gasteiger charge is 2.19. The van der Waals surface area contributed by atoms with Crippen LogP contribution in [-0.2, 0) is 9.53 Å². The van der Waals surface area contributed by atoms with Gasteiger partial charge in [0.15, 0.2) is 0 Å². The minimum atomic E-state index is -0.167. The summed E-state index contributed by atoms with van der Waals surface area (Å²) < 4.78 is 5.41. The van der Waals surface area contributed by atoms with E-state index in [1.807, 2.05) is 43.3 Å². The molecule has 1 saturated heterocycles. The average Bonchev–Trinajstić information content (AvgIpc) is 2.71. The van der Waals surface area contributed by atoms with Crippen molar-refractivity contribution in [3.8, 4) is 0 Å². The molecule has 0 aliphatic carbocycles. The molecule has 0 bridgehead atoms. The van der Waals surface area contributed by atoms with Crippen molar-refractivity contribution in [3.63, 3.8) is 0 Å². The number of hydrogen-bond acceptors (Lipinski definition) is 4. The number of morpholine rings is 1. The van der Waals surface area contributed by atoms with Crippen LogP contribution < -0.4 is 15.5 Å². The van der Waals surface area contributed by atoms with Gasteiger partial charge in [-0.3, -0.25) is 9.59 Å². The molecule has 0 atom stereocenters. The van der Waals surface area contributed by atoms with Gasteiger partial charge in [-0.15, -0.1) is 0 Å². The van der Waals surface area contributed by atoms with Crippen molar-refractivity contribution in [3.05, 3.63) is 53.6 Å². The van der Waals surface area contributed by atoms with Crippen molar-refractivity contribution in [1.82, 2.24) is 0 Å². The van der Waals surface area contributed by atoms with Crippen LogP contribution in [0.2, 0.25) is 0 Å². The van der Waals surface area contributed by atoms with E-state index in [9.17, 15) is 9.59 Å². The second-order valence-electron chi connectivity index (χ2n) is 6.50. The summed E-state index contributed by atoms with van der Waals surface area (Å²) in [6, 6.07) is 13.1.